The number of carbonyl (C=O) groups is 1. The fourth-order valence-corrected chi connectivity index (χ4v) is 2.90. The Morgan fingerprint density at radius 3 is 2.57 bits per heavy atom. The van der Waals surface area contributed by atoms with Gasteiger partial charge in [-0.1, -0.05) is 17.7 Å². The first kappa shape index (κ1) is 18.0. The summed E-state index contributed by atoms with van der Waals surface area (Å²) in [5, 5.41) is 3.43. The molecule has 0 atom stereocenters. The summed E-state index contributed by atoms with van der Waals surface area (Å²) in [5.74, 6) is 0.349. The molecule has 2 aromatic carbocycles. The highest BCUT2D eigenvalue weighted by Gasteiger charge is 2.16. The number of imidazole rings is 1. The quantitative estimate of drug-likeness (QED) is 0.527. The molecule has 0 spiro atoms. The third-order valence-corrected chi connectivity index (χ3v) is 4.34. The van der Waals surface area contributed by atoms with Crippen molar-refractivity contribution in [3.05, 3.63) is 83.8 Å². The number of pyridine rings is 1. The largest absolute Gasteiger partial charge is 0.484 e. The number of aromatic nitrogens is 2. The Morgan fingerprint density at radius 2 is 1.82 bits per heavy atom. The Balaban J connectivity index is 1.59. The van der Waals surface area contributed by atoms with E-state index < -0.39 is 0 Å². The number of nitrogens with zero attached hydrogens (tertiary/aromatic N) is 2. The molecule has 2 aromatic heterocycles. The predicted molar refractivity (Wildman–Crippen MR) is 106 cm³/mol. The lowest BCUT2D eigenvalue weighted by atomic mass is 10.1. The van der Waals surface area contributed by atoms with Gasteiger partial charge in [-0.25, -0.2) is 9.37 Å². The molecule has 0 radical (unpaired) electrons. The molecule has 5 nitrogen and oxygen atoms in total. The van der Waals surface area contributed by atoms with E-state index in [1.165, 1.54) is 12.1 Å². The topological polar surface area (TPSA) is 55.6 Å². The van der Waals surface area contributed by atoms with Crippen molar-refractivity contribution in [1.82, 2.24) is 9.38 Å². The smallest absolute Gasteiger partial charge is 0.263 e. The molecule has 0 aliphatic heterocycles. The minimum absolute atomic E-state index is 0.176. The summed E-state index contributed by atoms with van der Waals surface area (Å²) in [6.07, 6.45) is 1.80. The van der Waals surface area contributed by atoms with Gasteiger partial charge in [0.05, 0.1) is 0 Å². The molecule has 1 N–H and O–H groups in total. The van der Waals surface area contributed by atoms with Crippen LogP contribution in [-0.4, -0.2) is 21.9 Å². The van der Waals surface area contributed by atoms with Crippen LogP contribution in [0.15, 0.2) is 72.9 Å². The van der Waals surface area contributed by atoms with Crippen LogP contribution in [-0.2, 0) is 4.79 Å². The van der Waals surface area contributed by atoms with Crippen molar-refractivity contribution in [3.63, 3.8) is 0 Å². The van der Waals surface area contributed by atoms with Crippen molar-refractivity contribution in [2.75, 3.05) is 11.9 Å². The molecule has 140 valence electrons. The highest BCUT2D eigenvalue weighted by molar-refractivity contribution is 6.30. The zero-order chi connectivity index (χ0) is 19.5. The standard InChI is InChI=1S/C21H15ClFN3O2/c22-15-6-10-17(11-7-15)28-13-19(27)25-21-20(14-4-8-16(23)9-5-14)24-18-3-1-2-12-26(18)21/h1-12H,13H2,(H,25,27). The zero-order valence-corrected chi connectivity index (χ0v) is 15.4. The summed E-state index contributed by atoms with van der Waals surface area (Å²) in [7, 11) is 0. The maximum atomic E-state index is 13.3. The monoisotopic (exact) mass is 395 g/mol. The molecule has 4 aromatic rings. The predicted octanol–water partition coefficient (Wildman–Crippen LogP) is 4.81. The number of halogens is 2. The first-order chi connectivity index (χ1) is 13.6. The molecule has 0 bridgehead atoms. The molecule has 7 heteroatoms. The molecule has 0 aliphatic carbocycles. The molecule has 0 aliphatic rings. The third kappa shape index (κ3) is 3.82. The normalized spacial score (nSPS) is 10.8. The highest BCUT2D eigenvalue weighted by atomic mass is 35.5. The number of hydrogen-bond donors (Lipinski definition) is 1. The molecule has 28 heavy (non-hydrogen) atoms. The Morgan fingerprint density at radius 1 is 1.07 bits per heavy atom. The fraction of sp³-hybridized carbons (Fsp3) is 0.0476. The molecule has 4 rings (SSSR count). The van der Waals surface area contributed by atoms with E-state index in [4.69, 9.17) is 16.3 Å². The number of rotatable bonds is 5. The van der Waals surface area contributed by atoms with Crippen LogP contribution in [0.2, 0.25) is 5.02 Å². The van der Waals surface area contributed by atoms with Gasteiger partial charge >= 0.3 is 0 Å². The van der Waals surface area contributed by atoms with Gasteiger partial charge in [-0.05, 0) is 60.7 Å². The van der Waals surface area contributed by atoms with Crippen LogP contribution in [0.5, 0.6) is 5.75 Å². The lowest BCUT2D eigenvalue weighted by molar-refractivity contribution is -0.118. The number of anilines is 1. The summed E-state index contributed by atoms with van der Waals surface area (Å²) in [6.45, 7) is -0.176. The first-order valence-corrected chi connectivity index (χ1v) is 8.89. The van der Waals surface area contributed by atoms with Gasteiger partial charge in [0.1, 0.15) is 28.7 Å². The Hall–Kier alpha value is -3.38. The second-order valence-corrected chi connectivity index (χ2v) is 6.47. The van der Waals surface area contributed by atoms with Crippen LogP contribution in [0.25, 0.3) is 16.9 Å². The first-order valence-electron chi connectivity index (χ1n) is 8.51. The summed E-state index contributed by atoms with van der Waals surface area (Å²) >= 11 is 5.84. The van der Waals surface area contributed by atoms with Gasteiger partial charge in [0.25, 0.3) is 5.91 Å². The molecule has 0 saturated carbocycles. The molecular formula is C21H15ClFN3O2. The Labute approximate surface area is 165 Å². The summed E-state index contributed by atoms with van der Waals surface area (Å²) in [4.78, 5) is 17.0. The van der Waals surface area contributed by atoms with Crippen molar-refractivity contribution in [3.8, 4) is 17.0 Å². The minimum atomic E-state index is -0.344. The molecule has 0 saturated heterocycles. The highest BCUT2D eigenvalue weighted by Crippen LogP contribution is 2.29. The van der Waals surface area contributed by atoms with Crippen LogP contribution in [0, 0.1) is 5.82 Å². The van der Waals surface area contributed by atoms with E-state index in [-0.39, 0.29) is 18.3 Å². The van der Waals surface area contributed by atoms with Crippen molar-refractivity contribution in [2.24, 2.45) is 0 Å². The van der Waals surface area contributed by atoms with Gasteiger partial charge in [0.15, 0.2) is 6.61 Å². The van der Waals surface area contributed by atoms with Crippen molar-refractivity contribution in [1.29, 1.82) is 0 Å². The van der Waals surface area contributed by atoms with E-state index in [9.17, 15) is 9.18 Å². The average Bonchev–Trinajstić information content (AvgIpc) is 3.07. The lowest BCUT2D eigenvalue weighted by Crippen LogP contribution is -2.21. The number of amides is 1. The number of nitrogens with one attached hydrogen (secondary N) is 1. The van der Waals surface area contributed by atoms with Crippen LogP contribution in [0.1, 0.15) is 0 Å². The molecule has 1 amide bonds. The summed E-state index contributed by atoms with van der Waals surface area (Å²) < 4.78 is 20.5. The number of ether oxygens (including phenoxy) is 1. The van der Waals surface area contributed by atoms with Gasteiger partial charge in [-0.15, -0.1) is 0 Å². The number of benzene rings is 2. The number of carbonyl (C=O) groups excluding carboxylic acids is 1. The van der Waals surface area contributed by atoms with Gasteiger partial charge in [-0.2, -0.15) is 0 Å². The SMILES string of the molecule is O=C(COc1ccc(Cl)cc1)Nc1c(-c2ccc(F)cc2)nc2ccccn12. The van der Waals surface area contributed by atoms with Gasteiger partial charge in [0, 0.05) is 16.8 Å². The second-order valence-electron chi connectivity index (χ2n) is 6.04. The Bertz CT molecular complexity index is 1120. The van der Waals surface area contributed by atoms with E-state index in [0.717, 1.165) is 0 Å². The lowest BCUT2D eigenvalue weighted by Gasteiger charge is -2.09. The summed E-state index contributed by atoms with van der Waals surface area (Å²) in [5.41, 5.74) is 1.90. The number of hydrogen-bond acceptors (Lipinski definition) is 3. The third-order valence-electron chi connectivity index (χ3n) is 4.09. The van der Waals surface area contributed by atoms with Crippen LogP contribution in [0.3, 0.4) is 0 Å². The van der Waals surface area contributed by atoms with Crippen molar-refractivity contribution >= 4 is 29.0 Å². The van der Waals surface area contributed by atoms with E-state index >= 15 is 0 Å². The van der Waals surface area contributed by atoms with E-state index in [1.54, 1.807) is 47.0 Å². The minimum Gasteiger partial charge on any atom is -0.484 e. The van der Waals surface area contributed by atoms with Crippen LogP contribution in [0.4, 0.5) is 10.2 Å². The van der Waals surface area contributed by atoms with Gasteiger partial charge in [-0.3, -0.25) is 9.20 Å². The van der Waals surface area contributed by atoms with E-state index in [0.29, 0.717) is 33.5 Å². The number of fused-ring (bicyclic) bond motifs is 1. The summed E-state index contributed by atoms with van der Waals surface area (Å²) in [6, 6.07) is 18.2. The van der Waals surface area contributed by atoms with E-state index in [1.807, 2.05) is 18.2 Å². The Kier molecular flexibility index (Phi) is 4.95. The average molecular weight is 396 g/mol. The molecule has 0 unspecified atom stereocenters. The molecular weight excluding hydrogens is 381 g/mol. The molecule has 2 heterocycles. The second kappa shape index (κ2) is 7.70. The maximum absolute atomic E-state index is 13.3. The van der Waals surface area contributed by atoms with Crippen molar-refractivity contribution in [2.45, 2.75) is 0 Å². The van der Waals surface area contributed by atoms with Gasteiger partial charge in [0.2, 0.25) is 0 Å². The van der Waals surface area contributed by atoms with Crippen molar-refractivity contribution < 1.29 is 13.9 Å². The zero-order valence-electron chi connectivity index (χ0n) is 14.6. The van der Waals surface area contributed by atoms with Crippen LogP contribution >= 0.6 is 11.6 Å². The molecule has 0 fully saturated rings. The fourth-order valence-electron chi connectivity index (χ4n) is 2.77. The van der Waals surface area contributed by atoms with Gasteiger partial charge < -0.3 is 10.1 Å². The maximum Gasteiger partial charge on any atom is 0.263 e. The van der Waals surface area contributed by atoms with E-state index in [2.05, 4.69) is 10.3 Å². The van der Waals surface area contributed by atoms with Crippen LogP contribution < -0.4 is 10.1 Å².